The van der Waals surface area contributed by atoms with E-state index in [0.29, 0.717) is 34.3 Å². The minimum atomic E-state index is -0.219. The molecule has 1 unspecified atom stereocenters. The number of aromatic nitrogens is 3. The first-order valence-corrected chi connectivity index (χ1v) is 9.02. The third-order valence-electron chi connectivity index (χ3n) is 3.59. The summed E-state index contributed by atoms with van der Waals surface area (Å²) in [6.45, 7) is 0. The zero-order chi connectivity index (χ0) is 18.5. The molecule has 9 heteroatoms. The second kappa shape index (κ2) is 8.31. The molecule has 0 fully saturated rings. The van der Waals surface area contributed by atoms with E-state index in [1.54, 1.807) is 6.07 Å². The average Bonchev–Trinajstić information content (AvgIpc) is 3.11. The number of ether oxygens (including phenoxy) is 2. The van der Waals surface area contributed by atoms with Gasteiger partial charge in [0.05, 0.1) is 32.0 Å². The van der Waals surface area contributed by atoms with E-state index in [4.69, 9.17) is 26.8 Å². The maximum Gasteiger partial charge on any atom is 0.235 e. The third kappa shape index (κ3) is 4.60. The molecule has 1 atom stereocenters. The molecule has 0 aliphatic carbocycles. The molecule has 0 bridgehead atoms. The van der Waals surface area contributed by atoms with Gasteiger partial charge in [0.15, 0.2) is 5.13 Å². The topological polar surface area (TPSA) is 95.2 Å². The third-order valence-corrected chi connectivity index (χ3v) is 4.61. The van der Waals surface area contributed by atoms with Crippen molar-refractivity contribution < 1.29 is 9.47 Å². The Labute approximate surface area is 160 Å². The lowest BCUT2D eigenvalue weighted by Gasteiger charge is -2.09. The van der Waals surface area contributed by atoms with Crippen molar-refractivity contribution in [2.24, 2.45) is 5.73 Å². The molecule has 0 aliphatic heterocycles. The van der Waals surface area contributed by atoms with Crippen LogP contribution >= 0.6 is 22.9 Å². The summed E-state index contributed by atoms with van der Waals surface area (Å²) in [6.07, 6.45) is 0.670. The van der Waals surface area contributed by atoms with Crippen LogP contribution in [0.15, 0.2) is 35.7 Å². The monoisotopic (exact) mass is 391 g/mol. The minimum absolute atomic E-state index is 0.219. The van der Waals surface area contributed by atoms with Crippen LogP contribution in [0, 0.1) is 0 Å². The molecule has 136 valence electrons. The van der Waals surface area contributed by atoms with Gasteiger partial charge in [-0.2, -0.15) is 9.97 Å². The van der Waals surface area contributed by atoms with Crippen molar-refractivity contribution >= 4 is 34.0 Å². The molecular formula is C17H18ClN5O2S. The predicted octanol–water partition coefficient (Wildman–Crippen LogP) is 3.59. The predicted molar refractivity (Wildman–Crippen MR) is 103 cm³/mol. The van der Waals surface area contributed by atoms with Gasteiger partial charge in [-0.05, 0) is 24.1 Å². The quantitative estimate of drug-likeness (QED) is 0.635. The molecular weight excluding hydrogens is 374 g/mol. The summed E-state index contributed by atoms with van der Waals surface area (Å²) >= 11 is 7.34. The van der Waals surface area contributed by atoms with Crippen LogP contribution in [0.1, 0.15) is 17.3 Å². The van der Waals surface area contributed by atoms with Crippen LogP contribution in [0.4, 0.5) is 11.1 Å². The van der Waals surface area contributed by atoms with E-state index in [1.807, 2.05) is 29.6 Å². The maximum atomic E-state index is 6.28. The number of thiazole rings is 1. The summed E-state index contributed by atoms with van der Waals surface area (Å²) in [7, 11) is 3.06. The van der Waals surface area contributed by atoms with Gasteiger partial charge in [-0.1, -0.05) is 23.7 Å². The van der Waals surface area contributed by atoms with E-state index >= 15 is 0 Å². The zero-order valence-corrected chi connectivity index (χ0v) is 15.8. The summed E-state index contributed by atoms with van der Waals surface area (Å²) in [5.74, 6) is 1.14. The first-order valence-electron chi connectivity index (χ1n) is 7.77. The van der Waals surface area contributed by atoms with Crippen molar-refractivity contribution in [3.05, 3.63) is 52.0 Å². The first-order chi connectivity index (χ1) is 12.6. The molecule has 3 aromatic rings. The molecule has 2 heterocycles. The fourth-order valence-electron chi connectivity index (χ4n) is 2.26. The maximum absolute atomic E-state index is 6.28. The highest BCUT2D eigenvalue weighted by Crippen LogP contribution is 2.26. The second-order valence-electron chi connectivity index (χ2n) is 5.42. The molecule has 1 aromatic carbocycles. The van der Waals surface area contributed by atoms with Gasteiger partial charge < -0.3 is 15.2 Å². The highest BCUT2D eigenvalue weighted by Gasteiger charge is 2.13. The van der Waals surface area contributed by atoms with Gasteiger partial charge in [-0.25, -0.2) is 4.98 Å². The fraction of sp³-hybridized carbons (Fsp3) is 0.235. The standard InChI is InChI=1S/C17H18ClN5O2S/c1-24-14-8-15(25-2)22-16(21-14)23-17-20-13(9-26-17)12(19)7-10-3-5-11(18)6-4-10/h3-6,8-9,12H,7,19H2,1-2H3,(H,20,21,22,23). The van der Waals surface area contributed by atoms with Crippen molar-refractivity contribution in [1.82, 2.24) is 15.0 Å². The first kappa shape index (κ1) is 18.4. The lowest BCUT2D eigenvalue weighted by Crippen LogP contribution is -2.13. The Bertz CT molecular complexity index is 850. The molecule has 26 heavy (non-hydrogen) atoms. The Morgan fingerprint density at radius 3 is 2.38 bits per heavy atom. The number of halogens is 1. The fourth-order valence-corrected chi connectivity index (χ4v) is 3.15. The van der Waals surface area contributed by atoms with Crippen molar-refractivity contribution in [1.29, 1.82) is 0 Å². The molecule has 0 saturated carbocycles. The van der Waals surface area contributed by atoms with Gasteiger partial charge in [0.1, 0.15) is 0 Å². The highest BCUT2D eigenvalue weighted by molar-refractivity contribution is 7.13. The normalized spacial score (nSPS) is 11.8. The van der Waals surface area contributed by atoms with Gasteiger partial charge in [-0.15, -0.1) is 11.3 Å². The Morgan fingerprint density at radius 2 is 1.77 bits per heavy atom. The van der Waals surface area contributed by atoms with E-state index in [9.17, 15) is 0 Å². The smallest absolute Gasteiger partial charge is 0.235 e. The molecule has 7 nitrogen and oxygen atoms in total. The van der Waals surface area contributed by atoms with Gasteiger partial charge in [-0.3, -0.25) is 5.32 Å². The molecule has 3 rings (SSSR count). The summed E-state index contributed by atoms with van der Waals surface area (Å²) in [5, 5.41) is 6.31. The number of nitrogens with zero attached hydrogens (tertiary/aromatic N) is 3. The Kier molecular flexibility index (Phi) is 5.87. The zero-order valence-electron chi connectivity index (χ0n) is 14.3. The molecule has 2 aromatic heterocycles. The number of nitrogens with one attached hydrogen (secondary N) is 1. The highest BCUT2D eigenvalue weighted by atomic mass is 35.5. The Balaban J connectivity index is 1.70. The summed E-state index contributed by atoms with van der Waals surface area (Å²) in [5.41, 5.74) is 8.17. The van der Waals surface area contributed by atoms with Crippen molar-refractivity contribution in [3.63, 3.8) is 0 Å². The van der Waals surface area contributed by atoms with E-state index in [2.05, 4.69) is 20.3 Å². The van der Waals surface area contributed by atoms with Crippen LogP contribution < -0.4 is 20.5 Å². The number of methoxy groups -OCH3 is 2. The van der Waals surface area contributed by atoms with Crippen molar-refractivity contribution in [2.45, 2.75) is 12.5 Å². The van der Waals surface area contributed by atoms with E-state index in [1.165, 1.54) is 25.6 Å². The van der Waals surface area contributed by atoms with Crippen LogP contribution in [-0.2, 0) is 6.42 Å². The average molecular weight is 392 g/mol. The van der Waals surface area contributed by atoms with Crippen LogP contribution in [-0.4, -0.2) is 29.2 Å². The molecule has 3 N–H and O–H groups in total. The van der Waals surface area contributed by atoms with Crippen LogP contribution in [0.25, 0.3) is 0 Å². The van der Waals surface area contributed by atoms with Gasteiger partial charge in [0, 0.05) is 10.4 Å². The Hall–Kier alpha value is -2.42. The number of hydrogen-bond donors (Lipinski definition) is 2. The van der Waals surface area contributed by atoms with Crippen molar-refractivity contribution in [2.75, 3.05) is 19.5 Å². The van der Waals surface area contributed by atoms with E-state index < -0.39 is 0 Å². The SMILES string of the molecule is COc1cc(OC)nc(Nc2nc(C(N)Cc3ccc(Cl)cc3)cs2)n1. The van der Waals surface area contributed by atoms with Crippen LogP contribution in [0.3, 0.4) is 0 Å². The minimum Gasteiger partial charge on any atom is -0.481 e. The van der Waals surface area contributed by atoms with E-state index in [-0.39, 0.29) is 6.04 Å². The van der Waals surface area contributed by atoms with E-state index in [0.717, 1.165) is 11.3 Å². The number of hydrogen-bond acceptors (Lipinski definition) is 8. The number of anilines is 2. The largest absolute Gasteiger partial charge is 0.481 e. The number of benzene rings is 1. The molecule has 0 aliphatic rings. The molecule has 0 saturated heterocycles. The summed E-state index contributed by atoms with van der Waals surface area (Å²) in [4.78, 5) is 13.0. The van der Waals surface area contributed by atoms with Crippen LogP contribution in [0.5, 0.6) is 11.8 Å². The van der Waals surface area contributed by atoms with Gasteiger partial charge >= 0.3 is 0 Å². The van der Waals surface area contributed by atoms with Crippen LogP contribution in [0.2, 0.25) is 5.02 Å². The lowest BCUT2D eigenvalue weighted by atomic mass is 10.1. The van der Waals surface area contributed by atoms with Gasteiger partial charge in [0.25, 0.3) is 0 Å². The molecule has 0 amide bonds. The van der Waals surface area contributed by atoms with Crippen molar-refractivity contribution in [3.8, 4) is 11.8 Å². The number of nitrogens with two attached hydrogens (primary N) is 1. The summed E-state index contributed by atoms with van der Waals surface area (Å²) in [6, 6.07) is 9.01. The van der Waals surface area contributed by atoms with Gasteiger partial charge in [0.2, 0.25) is 17.7 Å². The second-order valence-corrected chi connectivity index (χ2v) is 6.71. The lowest BCUT2D eigenvalue weighted by molar-refractivity contribution is 0.373. The number of rotatable bonds is 7. The Morgan fingerprint density at radius 1 is 1.12 bits per heavy atom. The summed E-state index contributed by atoms with van der Waals surface area (Å²) < 4.78 is 10.3. The molecule has 0 spiro atoms. The molecule has 0 radical (unpaired) electrons.